The van der Waals surface area contributed by atoms with Gasteiger partial charge in [-0.1, -0.05) is 19.9 Å². The number of rotatable bonds is 7. The molecule has 96 valence electrons. The van der Waals surface area contributed by atoms with Crippen molar-refractivity contribution in [2.24, 2.45) is 0 Å². The van der Waals surface area contributed by atoms with Gasteiger partial charge in [-0.3, -0.25) is 0 Å². The highest BCUT2D eigenvalue weighted by Gasteiger charge is 2.05. The Balaban J connectivity index is 2.73. The predicted octanol–water partition coefficient (Wildman–Crippen LogP) is 2.73. The lowest BCUT2D eigenvalue weighted by atomic mass is 10.1. The lowest BCUT2D eigenvalue weighted by Crippen LogP contribution is -2.21. The quantitative estimate of drug-likeness (QED) is 0.791. The highest BCUT2D eigenvalue weighted by atomic mass is 16.5. The zero-order valence-corrected chi connectivity index (χ0v) is 11.2. The molecule has 0 heterocycles. The molecule has 0 atom stereocenters. The van der Waals surface area contributed by atoms with Crippen LogP contribution in [0.1, 0.15) is 31.9 Å². The van der Waals surface area contributed by atoms with Crippen molar-refractivity contribution in [3.63, 3.8) is 0 Å². The van der Waals surface area contributed by atoms with Crippen LogP contribution in [-0.4, -0.2) is 19.8 Å². The number of benzene rings is 1. The molecule has 1 N–H and O–H groups in total. The molecule has 0 unspecified atom stereocenters. The van der Waals surface area contributed by atoms with Gasteiger partial charge in [0.25, 0.3) is 0 Å². The van der Waals surface area contributed by atoms with Crippen molar-refractivity contribution in [3.05, 3.63) is 29.3 Å². The van der Waals surface area contributed by atoms with Gasteiger partial charge in [-0.25, -0.2) is 0 Å². The first-order valence-electron chi connectivity index (χ1n) is 6.14. The second-order valence-corrected chi connectivity index (χ2v) is 4.32. The maximum absolute atomic E-state index is 5.44. The molecule has 0 saturated heterocycles. The van der Waals surface area contributed by atoms with Crippen molar-refractivity contribution < 1.29 is 9.47 Å². The lowest BCUT2D eigenvalue weighted by molar-refractivity contribution is 0.132. The van der Waals surface area contributed by atoms with E-state index in [1.807, 2.05) is 13.0 Å². The molecule has 3 heteroatoms. The molecule has 0 aliphatic rings. The van der Waals surface area contributed by atoms with Gasteiger partial charge in [0, 0.05) is 24.8 Å². The Bertz CT molecular complexity index is 337. The van der Waals surface area contributed by atoms with E-state index in [-0.39, 0.29) is 0 Å². The summed E-state index contributed by atoms with van der Waals surface area (Å²) in [6.07, 6.45) is 0. The van der Waals surface area contributed by atoms with Crippen LogP contribution in [0.2, 0.25) is 0 Å². The van der Waals surface area contributed by atoms with Gasteiger partial charge in [0.1, 0.15) is 5.75 Å². The third-order valence-electron chi connectivity index (χ3n) is 2.52. The standard InChI is InChI=1S/C14H23NO2/c1-5-17-10-13-8-12(9-15-11(2)3)6-7-14(13)16-4/h6-8,11,15H,5,9-10H2,1-4H3. The Morgan fingerprint density at radius 3 is 2.65 bits per heavy atom. The average Bonchev–Trinajstić information content (AvgIpc) is 2.33. The van der Waals surface area contributed by atoms with Crippen molar-refractivity contribution in [1.29, 1.82) is 0 Å². The Labute approximate surface area is 104 Å². The van der Waals surface area contributed by atoms with E-state index in [1.54, 1.807) is 7.11 Å². The first-order valence-corrected chi connectivity index (χ1v) is 6.14. The van der Waals surface area contributed by atoms with Crippen LogP contribution in [0.5, 0.6) is 5.75 Å². The van der Waals surface area contributed by atoms with Crippen molar-refractivity contribution >= 4 is 0 Å². The fourth-order valence-corrected chi connectivity index (χ4v) is 1.59. The summed E-state index contributed by atoms with van der Waals surface area (Å²) in [6.45, 7) is 8.49. The normalized spacial score (nSPS) is 10.9. The minimum Gasteiger partial charge on any atom is -0.496 e. The van der Waals surface area contributed by atoms with E-state index in [0.29, 0.717) is 12.6 Å². The molecule has 0 aromatic heterocycles. The minimum absolute atomic E-state index is 0.493. The molecule has 0 aliphatic heterocycles. The maximum atomic E-state index is 5.44. The predicted molar refractivity (Wildman–Crippen MR) is 70.3 cm³/mol. The zero-order chi connectivity index (χ0) is 12.7. The van der Waals surface area contributed by atoms with Gasteiger partial charge in [0.2, 0.25) is 0 Å². The van der Waals surface area contributed by atoms with E-state index in [0.717, 1.165) is 24.5 Å². The summed E-state index contributed by atoms with van der Waals surface area (Å²) < 4.78 is 10.8. The summed E-state index contributed by atoms with van der Waals surface area (Å²) in [5.74, 6) is 0.895. The highest BCUT2D eigenvalue weighted by molar-refractivity contribution is 5.36. The largest absolute Gasteiger partial charge is 0.496 e. The first kappa shape index (κ1) is 14.0. The van der Waals surface area contributed by atoms with E-state index < -0.39 is 0 Å². The van der Waals surface area contributed by atoms with Gasteiger partial charge in [0.05, 0.1) is 13.7 Å². The second-order valence-electron chi connectivity index (χ2n) is 4.32. The van der Waals surface area contributed by atoms with Crippen LogP contribution in [0.15, 0.2) is 18.2 Å². The van der Waals surface area contributed by atoms with E-state index in [1.165, 1.54) is 5.56 Å². The SMILES string of the molecule is CCOCc1cc(CNC(C)C)ccc1OC. The molecule has 3 nitrogen and oxygen atoms in total. The molecule has 1 rings (SSSR count). The van der Waals surface area contributed by atoms with Crippen molar-refractivity contribution in [2.75, 3.05) is 13.7 Å². The molecule has 0 saturated carbocycles. The average molecular weight is 237 g/mol. The summed E-state index contributed by atoms with van der Waals surface area (Å²) in [4.78, 5) is 0. The monoisotopic (exact) mass is 237 g/mol. The topological polar surface area (TPSA) is 30.5 Å². The number of ether oxygens (including phenoxy) is 2. The Kier molecular flexibility index (Phi) is 6.01. The molecule has 0 bridgehead atoms. The summed E-state index contributed by atoms with van der Waals surface area (Å²) in [7, 11) is 1.69. The van der Waals surface area contributed by atoms with Gasteiger partial charge in [-0.2, -0.15) is 0 Å². The Morgan fingerprint density at radius 2 is 2.06 bits per heavy atom. The highest BCUT2D eigenvalue weighted by Crippen LogP contribution is 2.20. The van der Waals surface area contributed by atoms with Crippen LogP contribution >= 0.6 is 0 Å². The Hall–Kier alpha value is -1.06. The van der Waals surface area contributed by atoms with Crippen LogP contribution < -0.4 is 10.1 Å². The van der Waals surface area contributed by atoms with Gasteiger partial charge in [-0.05, 0) is 24.6 Å². The van der Waals surface area contributed by atoms with E-state index in [2.05, 4.69) is 31.3 Å². The van der Waals surface area contributed by atoms with Crippen molar-refractivity contribution in [3.8, 4) is 5.75 Å². The smallest absolute Gasteiger partial charge is 0.124 e. The first-order chi connectivity index (χ1) is 8.17. The molecule has 0 aliphatic carbocycles. The van der Waals surface area contributed by atoms with Crippen LogP contribution in [0, 0.1) is 0 Å². The lowest BCUT2D eigenvalue weighted by Gasteiger charge is -2.12. The number of nitrogens with one attached hydrogen (secondary N) is 1. The van der Waals surface area contributed by atoms with Gasteiger partial charge >= 0.3 is 0 Å². The minimum atomic E-state index is 0.493. The summed E-state index contributed by atoms with van der Waals surface area (Å²) in [5.41, 5.74) is 2.37. The molecule has 0 radical (unpaired) electrons. The summed E-state index contributed by atoms with van der Waals surface area (Å²) >= 11 is 0. The number of methoxy groups -OCH3 is 1. The molecule has 0 spiro atoms. The Morgan fingerprint density at radius 1 is 1.29 bits per heavy atom. The van der Waals surface area contributed by atoms with E-state index in [4.69, 9.17) is 9.47 Å². The van der Waals surface area contributed by atoms with Gasteiger partial charge in [0.15, 0.2) is 0 Å². The molecule has 0 fully saturated rings. The second kappa shape index (κ2) is 7.30. The number of hydrogen-bond acceptors (Lipinski definition) is 3. The van der Waals surface area contributed by atoms with Crippen LogP contribution in [0.4, 0.5) is 0 Å². The third-order valence-corrected chi connectivity index (χ3v) is 2.52. The zero-order valence-electron chi connectivity index (χ0n) is 11.2. The summed E-state index contributed by atoms with van der Waals surface area (Å²) in [6, 6.07) is 6.73. The van der Waals surface area contributed by atoms with Crippen LogP contribution in [0.3, 0.4) is 0 Å². The molecule has 0 amide bonds. The molecular weight excluding hydrogens is 214 g/mol. The molecular formula is C14H23NO2. The fraction of sp³-hybridized carbons (Fsp3) is 0.571. The van der Waals surface area contributed by atoms with Crippen LogP contribution in [-0.2, 0) is 17.9 Å². The van der Waals surface area contributed by atoms with E-state index in [9.17, 15) is 0 Å². The maximum Gasteiger partial charge on any atom is 0.124 e. The fourth-order valence-electron chi connectivity index (χ4n) is 1.59. The van der Waals surface area contributed by atoms with Gasteiger partial charge in [-0.15, -0.1) is 0 Å². The third kappa shape index (κ3) is 4.75. The van der Waals surface area contributed by atoms with E-state index >= 15 is 0 Å². The van der Waals surface area contributed by atoms with Gasteiger partial charge < -0.3 is 14.8 Å². The van der Waals surface area contributed by atoms with Crippen molar-refractivity contribution in [1.82, 2.24) is 5.32 Å². The summed E-state index contributed by atoms with van der Waals surface area (Å²) in [5, 5.41) is 3.40. The van der Waals surface area contributed by atoms with Crippen molar-refractivity contribution in [2.45, 2.75) is 40.0 Å². The molecule has 1 aromatic carbocycles. The number of hydrogen-bond donors (Lipinski definition) is 1. The molecule has 17 heavy (non-hydrogen) atoms. The molecule has 1 aromatic rings. The van der Waals surface area contributed by atoms with Crippen LogP contribution in [0.25, 0.3) is 0 Å².